The fourth-order valence-electron chi connectivity index (χ4n) is 3.89. The van der Waals surface area contributed by atoms with Crippen molar-refractivity contribution in [3.63, 3.8) is 0 Å². The third-order valence-electron chi connectivity index (χ3n) is 5.85. The molecule has 8 nitrogen and oxygen atoms in total. The number of carbonyl (C=O) groups is 3. The number of benzene rings is 2. The quantitative estimate of drug-likeness (QED) is 0.552. The van der Waals surface area contributed by atoms with E-state index in [0.717, 1.165) is 22.3 Å². The summed E-state index contributed by atoms with van der Waals surface area (Å²) < 4.78 is 5.48. The molecule has 2 amide bonds. The van der Waals surface area contributed by atoms with Crippen LogP contribution in [0.2, 0.25) is 0 Å². The van der Waals surface area contributed by atoms with E-state index in [4.69, 9.17) is 9.84 Å². The number of fused-ring (bicyclic) bond motifs is 3. The van der Waals surface area contributed by atoms with Gasteiger partial charge in [-0.2, -0.15) is 0 Å². The van der Waals surface area contributed by atoms with Gasteiger partial charge in [-0.1, -0.05) is 48.5 Å². The number of amides is 2. The van der Waals surface area contributed by atoms with E-state index in [1.165, 1.54) is 11.9 Å². The van der Waals surface area contributed by atoms with E-state index in [9.17, 15) is 19.5 Å². The van der Waals surface area contributed by atoms with E-state index < -0.39 is 30.1 Å². The number of likely N-dealkylation sites (N-methyl/N-ethyl adjacent to an activating group) is 1. The fourth-order valence-corrected chi connectivity index (χ4v) is 3.89. The molecule has 1 aliphatic rings. The first kappa shape index (κ1) is 23.3. The molecular weight excluding hydrogens is 412 g/mol. The Hall–Kier alpha value is -3.39. The number of rotatable bonds is 9. The molecule has 2 aromatic rings. The lowest BCUT2D eigenvalue weighted by Crippen LogP contribution is -2.50. The van der Waals surface area contributed by atoms with E-state index in [2.05, 4.69) is 5.32 Å². The molecule has 0 saturated carbocycles. The molecule has 0 spiro atoms. The molecule has 3 rings (SSSR count). The first-order valence-electron chi connectivity index (χ1n) is 10.5. The van der Waals surface area contributed by atoms with Gasteiger partial charge in [-0.25, -0.2) is 4.79 Å². The van der Waals surface area contributed by atoms with Crippen molar-refractivity contribution in [1.29, 1.82) is 0 Å². The van der Waals surface area contributed by atoms with Gasteiger partial charge in [0.15, 0.2) is 0 Å². The molecule has 170 valence electrons. The van der Waals surface area contributed by atoms with Crippen molar-refractivity contribution < 1.29 is 29.3 Å². The van der Waals surface area contributed by atoms with Gasteiger partial charge in [0, 0.05) is 19.4 Å². The van der Waals surface area contributed by atoms with Crippen LogP contribution in [0.25, 0.3) is 11.1 Å². The Balaban J connectivity index is 1.69. The van der Waals surface area contributed by atoms with Crippen LogP contribution in [0.15, 0.2) is 48.5 Å². The van der Waals surface area contributed by atoms with Gasteiger partial charge in [0.2, 0.25) is 5.91 Å². The van der Waals surface area contributed by atoms with Crippen molar-refractivity contribution in [3.05, 3.63) is 59.7 Å². The minimum absolute atomic E-state index is 0.0825. The van der Waals surface area contributed by atoms with E-state index in [0.29, 0.717) is 0 Å². The fraction of sp³-hybridized carbons (Fsp3) is 0.375. The summed E-state index contributed by atoms with van der Waals surface area (Å²) in [7, 11) is 1.50. The number of aliphatic carboxylic acids is 1. The maximum Gasteiger partial charge on any atom is 0.407 e. The minimum atomic E-state index is -1.07. The second-order valence-corrected chi connectivity index (χ2v) is 7.94. The van der Waals surface area contributed by atoms with Crippen molar-refractivity contribution in [1.82, 2.24) is 10.2 Å². The molecule has 2 atom stereocenters. The smallest absolute Gasteiger partial charge is 0.407 e. The molecule has 0 radical (unpaired) electrons. The van der Waals surface area contributed by atoms with Crippen molar-refractivity contribution in [2.45, 2.75) is 37.8 Å². The zero-order valence-electron chi connectivity index (χ0n) is 18.2. The highest BCUT2D eigenvalue weighted by Crippen LogP contribution is 2.44. The lowest BCUT2D eigenvalue weighted by atomic mass is 9.98. The van der Waals surface area contributed by atoms with Crippen LogP contribution in [0, 0.1) is 0 Å². The number of carbonyl (C=O) groups excluding carboxylic acids is 2. The van der Waals surface area contributed by atoms with Crippen LogP contribution in [0.5, 0.6) is 0 Å². The zero-order chi connectivity index (χ0) is 23.3. The van der Waals surface area contributed by atoms with Gasteiger partial charge in [-0.3, -0.25) is 9.59 Å². The van der Waals surface area contributed by atoms with Crippen molar-refractivity contribution in [2.75, 3.05) is 20.3 Å². The van der Waals surface area contributed by atoms with Crippen LogP contribution in [-0.4, -0.2) is 65.4 Å². The predicted octanol–water partition coefficient (Wildman–Crippen LogP) is 2.60. The van der Waals surface area contributed by atoms with Crippen molar-refractivity contribution in [2.24, 2.45) is 0 Å². The van der Waals surface area contributed by atoms with Crippen molar-refractivity contribution >= 4 is 18.0 Å². The van der Waals surface area contributed by atoms with Crippen LogP contribution in [-0.2, 0) is 14.3 Å². The molecule has 0 fully saturated rings. The lowest BCUT2D eigenvalue weighted by Gasteiger charge is -2.28. The van der Waals surface area contributed by atoms with E-state index >= 15 is 0 Å². The second-order valence-electron chi connectivity index (χ2n) is 7.94. The number of carboxylic acid groups (broad SMARTS) is 1. The molecule has 0 heterocycles. The molecule has 8 heteroatoms. The Morgan fingerprint density at radius 2 is 1.62 bits per heavy atom. The maximum absolute atomic E-state index is 12.7. The van der Waals surface area contributed by atoms with Crippen LogP contribution >= 0.6 is 0 Å². The number of carboxylic acids is 1. The Morgan fingerprint density at radius 3 is 2.16 bits per heavy atom. The van der Waals surface area contributed by atoms with E-state index in [-0.39, 0.29) is 32.0 Å². The molecular formula is C24H28N2O6. The summed E-state index contributed by atoms with van der Waals surface area (Å²) in [4.78, 5) is 37.6. The van der Waals surface area contributed by atoms with E-state index in [1.54, 1.807) is 6.92 Å². The zero-order valence-corrected chi connectivity index (χ0v) is 18.2. The Bertz CT molecular complexity index is 946. The van der Waals surface area contributed by atoms with Gasteiger partial charge in [0.1, 0.15) is 12.6 Å². The number of aliphatic hydroxyl groups excluding tert-OH is 1. The number of ether oxygens (including phenoxy) is 1. The monoisotopic (exact) mass is 440 g/mol. The Labute approximate surface area is 186 Å². The predicted molar refractivity (Wildman–Crippen MR) is 118 cm³/mol. The summed E-state index contributed by atoms with van der Waals surface area (Å²) in [5.74, 6) is -1.69. The SMILES string of the molecule is CC(CO)N(C)C(=O)C(CCC(=O)O)NC(=O)OCC1c2ccccc2-c2ccccc21. The summed E-state index contributed by atoms with van der Waals surface area (Å²) in [6, 6.07) is 14.4. The highest BCUT2D eigenvalue weighted by molar-refractivity contribution is 5.86. The van der Waals surface area contributed by atoms with Gasteiger partial charge in [-0.05, 0) is 35.6 Å². The highest BCUT2D eigenvalue weighted by Gasteiger charge is 2.31. The molecule has 2 aromatic carbocycles. The number of nitrogens with zero attached hydrogens (tertiary/aromatic N) is 1. The molecule has 1 aliphatic carbocycles. The summed E-state index contributed by atoms with van der Waals surface area (Å²) in [6.07, 6.45) is -1.16. The molecule has 32 heavy (non-hydrogen) atoms. The summed E-state index contributed by atoms with van der Waals surface area (Å²) in [5.41, 5.74) is 4.34. The van der Waals surface area contributed by atoms with Crippen LogP contribution in [0.3, 0.4) is 0 Å². The van der Waals surface area contributed by atoms with Gasteiger partial charge in [0.05, 0.1) is 12.6 Å². The van der Waals surface area contributed by atoms with Gasteiger partial charge >= 0.3 is 12.1 Å². The molecule has 0 aliphatic heterocycles. The normalized spacial score (nSPS) is 14.1. The maximum atomic E-state index is 12.7. The van der Waals surface area contributed by atoms with Crippen LogP contribution < -0.4 is 5.32 Å². The molecule has 0 aromatic heterocycles. The first-order valence-corrected chi connectivity index (χ1v) is 10.5. The van der Waals surface area contributed by atoms with E-state index in [1.807, 2.05) is 48.5 Å². The summed E-state index contributed by atoms with van der Waals surface area (Å²) in [5, 5.41) is 20.8. The van der Waals surface area contributed by atoms with Crippen molar-refractivity contribution in [3.8, 4) is 11.1 Å². The third kappa shape index (κ3) is 5.08. The number of hydrogen-bond donors (Lipinski definition) is 3. The first-order chi connectivity index (χ1) is 15.3. The number of alkyl carbamates (subject to hydrolysis) is 1. The van der Waals surface area contributed by atoms with Gasteiger partial charge in [-0.15, -0.1) is 0 Å². The van der Waals surface area contributed by atoms with Crippen LogP contribution in [0.1, 0.15) is 36.8 Å². The second kappa shape index (κ2) is 10.3. The number of hydrogen-bond acceptors (Lipinski definition) is 5. The molecule has 2 unspecified atom stereocenters. The summed E-state index contributed by atoms with van der Waals surface area (Å²) in [6.45, 7) is 1.49. The standard InChI is InChI=1S/C24H28N2O6/c1-15(13-27)26(2)23(30)21(11-12-22(28)29)25-24(31)32-14-20-18-9-5-3-7-16(18)17-8-4-6-10-19(17)20/h3-10,15,20-21,27H,11-14H2,1-2H3,(H,25,31)(H,28,29). The average molecular weight is 440 g/mol. The van der Waals surface area contributed by atoms with Gasteiger partial charge < -0.3 is 25.2 Å². The van der Waals surface area contributed by atoms with Crippen LogP contribution in [0.4, 0.5) is 4.79 Å². The van der Waals surface area contributed by atoms with Gasteiger partial charge in [0.25, 0.3) is 0 Å². The largest absolute Gasteiger partial charge is 0.481 e. The third-order valence-corrected chi connectivity index (χ3v) is 5.85. The molecule has 0 bridgehead atoms. The molecule has 3 N–H and O–H groups in total. The minimum Gasteiger partial charge on any atom is -0.481 e. The Morgan fingerprint density at radius 1 is 1.06 bits per heavy atom. The summed E-state index contributed by atoms with van der Waals surface area (Å²) >= 11 is 0. The Kier molecular flexibility index (Phi) is 7.48. The average Bonchev–Trinajstić information content (AvgIpc) is 3.12. The molecule has 0 saturated heterocycles. The lowest BCUT2D eigenvalue weighted by molar-refractivity contribution is -0.138. The highest BCUT2D eigenvalue weighted by atomic mass is 16.5. The number of nitrogens with one attached hydrogen (secondary N) is 1. The topological polar surface area (TPSA) is 116 Å². The number of aliphatic hydroxyl groups is 1.